The SMILES string of the molecule is CCn1c(COC(=O)Cc2sc(SC)nc2C)nc2cc(S(=O)(=O)N(C)C)ccc21. The summed E-state index contributed by atoms with van der Waals surface area (Å²) in [6.45, 7) is 4.48. The van der Waals surface area contributed by atoms with Crippen LogP contribution in [0.2, 0.25) is 0 Å². The van der Waals surface area contributed by atoms with Crippen molar-refractivity contribution in [3.8, 4) is 0 Å². The molecule has 1 aromatic carbocycles. The fraction of sp³-hybridized carbons (Fsp3) is 0.421. The Morgan fingerprint density at radius 2 is 2.03 bits per heavy atom. The Kier molecular flexibility index (Phi) is 6.85. The lowest BCUT2D eigenvalue weighted by Gasteiger charge is -2.11. The molecule has 11 heteroatoms. The molecule has 0 bridgehead atoms. The smallest absolute Gasteiger partial charge is 0.311 e. The number of sulfonamides is 1. The average molecular weight is 469 g/mol. The number of imidazole rings is 1. The van der Waals surface area contributed by atoms with E-state index < -0.39 is 10.0 Å². The van der Waals surface area contributed by atoms with Gasteiger partial charge in [-0.1, -0.05) is 11.8 Å². The van der Waals surface area contributed by atoms with E-state index in [0.29, 0.717) is 17.9 Å². The number of hydrogen-bond acceptors (Lipinski definition) is 8. The van der Waals surface area contributed by atoms with E-state index in [0.717, 1.165) is 24.7 Å². The van der Waals surface area contributed by atoms with Crippen LogP contribution in [-0.2, 0) is 39.1 Å². The van der Waals surface area contributed by atoms with Crippen LogP contribution in [0.3, 0.4) is 0 Å². The molecule has 0 aliphatic carbocycles. The van der Waals surface area contributed by atoms with Crippen molar-refractivity contribution in [2.45, 2.75) is 42.7 Å². The highest BCUT2D eigenvalue weighted by molar-refractivity contribution is 8.00. The lowest BCUT2D eigenvalue weighted by atomic mass is 10.3. The number of nitrogens with zero attached hydrogens (tertiary/aromatic N) is 4. The zero-order chi connectivity index (χ0) is 22.1. The van der Waals surface area contributed by atoms with Gasteiger partial charge in [0, 0.05) is 25.5 Å². The number of ether oxygens (including phenoxy) is 1. The molecule has 0 amide bonds. The van der Waals surface area contributed by atoms with Crippen LogP contribution >= 0.6 is 23.1 Å². The topological polar surface area (TPSA) is 94.4 Å². The lowest BCUT2D eigenvalue weighted by Crippen LogP contribution is -2.22. The highest BCUT2D eigenvalue weighted by atomic mass is 32.2. The average Bonchev–Trinajstić information content (AvgIpc) is 3.24. The van der Waals surface area contributed by atoms with Crippen LogP contribution in [0.15, 0.2) is 27.4 Å². The van der Waals surface area contributed by atoms with Gasteiger partial charge in [-0.15, -0.1) is 11.3 Å². The summed E-state index contributed by atoms with van der Waals surface area (Å²) >= 11 is 3.05. The van der Waals surface area contributed by atoms with Crippen molar-refractivity contribution in [2.75, 3.05) is 20.4 Å². The van der Waals surface area contributed by atoms with E-state index in [1.54, 1.807) is 30.0 Å². The molecule has 0 aliphatic heterocycles. The zero-order valence-corrected chi connectivity index (χ0v) is 19.9. The molecule has 0 saturated carbocycles. The van der Waals surface area contributed by atoms with Gasteiger partial charge in [-0.25, -0.2) is 22.7 Å². The number of carbonyl (C=O) groups excluding carboxylic acids is 1. The maximum absolute atomic E-state index is 12.4. The molecule has 2 aromatic heterocycles. The molecule has 162 valence electrons. The maximum atomic E-state index is 12.4. The van der Waals surface area contributed by atoms with Crippen molar-refractivity contribution in [2.24, 2.45) is 0 Å². The first-order chi connectivity index (χ1) is 14.2. The molecular weight excluding hydrogens is 444 g/mol. The van der Waals surface area contributed by atoms with Gasteiger partial charge in [0.1, 0.15) is 16.8 Å². The number of aromatic nitrogens is 3. The number of benzene rings is 1. The number of thioether (sulfide) groups is 1. The Morgan fingerprint density at radius 3 is 2.63 bits per heavy atom. The minimum atomic E-state index is -3.55. The second-order valence-corrected chi connectivity index (χ2v) is 11.0. The molecule has 0 saturated heterocycles. The van der Waals surface area contributed by atoms with Crippen molar-refractivity contribution in [1.82, 2.24) is 18.8 Å². The van der Waals surface area contributed by atoms with E-state index in [2.05, 4.69) is 9.97 Å². The quantitative estimate of drug-likeness (QED) is 0.370. The number of esters is 1. The summed E-state index contributed by atoms with van der Waals surface area (Å²) in [7, 11) is -0.575. The van der Waals surface area contributed by atoms with Crippen LogP contribution in [0.25, 0.3) is 11.0 Å². The van der Waals surface area contributed by atoms with Crippen LogP contribution in [-0.4, -0.2) is 53.6 Å². The van der Waals surface area contributed by atoms with Gasteiger partial charge in [-0.3, -0.25) is 4.79 Å². The molecule has 0 aliphatic rings. The summed E-state index contributed by atoms with van der Waals surface area (Å²) in [6, 6.07) is 4.85. The van der Waals surface area contributed by atoms with Crippen molar-refractivity contribution < 1.29 is 17.9 Å². The minimum Gasteiger partial charge on any atom is -0.457 e. The maximum Gasteiger partial charge on any atom is 0.311 e. The van der Waals surface area contributed by atoms with Gasteiger partial charge in [0.25, 0.3) is 0 Å². The monoisotopic (exact) mass is 468 g/mol. The Hall–Kier alpha value is -1.95. The molecule has 0 unspecified atom stereocenters. The van der Waals surface area contributed by atoms with Crippen LogP contribution in [0, 0.1) is 6.92 Å². The van der Waals surface area contributed by atoms with Crippen LogP contribution < -0.4 is 0 Å². The van der Waals surface area contributed by atoms with E-state index in [4.69, 9.17) is 4.74 Å². The van der Waals surface area contributed by atoms with Crippen LogP contribution in [0.5, 0.6) is 0 Å². The Labute approximate surface area is 184 Å². The zero-order valence-electron chi connectivity index (χ0n) is 17.5. The number of carbonyl (C=O) groups is 1. The van der Waals surface area contributed by atoms with Crippen molar-refractivity contribution in [3.63, 3.8) is 0 Å². The molecule has 2 heterocycles. The summed E-state index contributed by atoms with van der Waals surface area (Å²) in [4.78, 5) is 22.3. The van der Waals surface area contributed by atoms with E-state index >= 15 is 0 Å². The first kappa shape index (κ1) is 22.7. The number of aryl methyl sites for hydroxylation is 2. The van der Waals surface area contributed by atoms with E-state index in [9.17, 15) is 13.2 Å². The molecule has 0 radical (unpaired) electrons. The number of hydrogen-bond donors (Lipinski definition) is 0. The second kappa shape index (κ2) is 9.04. The molecule has 30 heavy (non-hydrogen) atoms. The molecular formula is C19H24N4O4S3. The highest BCUT2D eigenvalue weighted by Crippen LogP contribution is 2.26. The van der Waals surface area contributed by atoms with E-state index in [1.807, 2.05) is 24.7 Å². The van der Waals surface area contributed by atoms with Gasteiger partial charge < -0.3 is 9.30 Å². The predicted octanol–water partition coefficient (Wildman–Crippen LogP) is 3.08. The summed E-state index contributed by atoms with van der Waals surface area (Å²) in [5.41, 5.74) is 2.19. The summed E-state index contributed by atoms with van der Waals surface area (Å²) in [5, 5.41) is 0. The molecule has 8 nitrogen and oxygen atoms in total. The van der Waals surface area contributed by atoms with Gasteiger partial charge in [0.05, 0.1) is 28.0 Å². The van der Waals surface area contributed by atoms with Crippen molar-refractivity contribution >= 4 is 50.1 Å². The molecule has 3 rings (SSSR count). The Balaban J connectivity index is 1.80. The fourth-order valence-electron chi connectivity index (χ4n) is 2.97. The van der Waals surface area contributed by atoms with Gasteiger partial charge in [0.2, 0.25) is 10.0 Å². The fourth-order valence-corrected chi connectivity index (χ4v) is 5.54. The molecule has 0 atom stereocenters. The predicted molar refractivity (Wildman–Crippen MR) is 118 cm³/mol. The van der Waals surface area contributed by atoms with Gasteiger partial charge in [0.15, 0.2) is 0 Å². The number of fused-ring (bicyclic) bond motifs is 1. The molecule has 0 N–H and O–H groups in total. The summed E-state index contributed by atoms with van der Waals surface area (Å²) in [6.07, 6.45) is 2.12. The largest absolute Gasteiger partial charge is 0.457 e. The molecule has 0 fully saturated rings. The van der Waals surface area contributed by atoms with Crippen LogP contribution in [0.1, 0.15) is 23.3 Å². The first-order valence-corrected chi connectivity index (χ1v) is 12.7. The number of rotatable bonds is 8. The Morgan fingerprint density at radius 1 is 1.30 bits per heavy atom. The third-order valence-electron chi connectivity index (χ3n) is 4.61. The van der Waals surface area contributed by atoms with Gasteiger partial charge >= 0.3 is 5.97 Å². The standard InChI is InChI=1S/C19H24N4O4S3/c1-6-23-15-8-7-13(30(25,26)22(3)4)9-14(15)21-17(23)11-27-18(24)10-16-12(2)20-19(28-5)29-16/h7-9H,6,10-11H2,1-5H3. The van der Waals surface area contributed by atoms with E-state index in [1.165, 1.54) is 25.4 Å². The van der Waals surface area contributed by atoms with E-state index in [-0.39, 0.29) is 23.9 Å². The second-order valence-electron chi connectivity index (χ2n) is 6.74. The summed E-state index contributed by atoms with van der Waals surface area (Å²) < 4.78 is 34.2. The first-order valence-electron chi connectivity index (χ1n) is 9.25. The lowest BCUT2D eigenvalue weighted by molar-refractivity contribution is -0.144. The molecule has 3 aromatic rings. The highest BCUT2D eigenvalue weighted by Gasteiger charge is 2.20. The normalized spacial score (nSPS) is 12.1. The Bertz CT molecular complexity index is 1180. The van der Waals surface area contributed by atoms with Crippen molar-refractivity contribution in [1.29, 1.82) is 0 Å². The number of thiazole rings is 1. The van der Waals surface area contributed by atoms with Gasteiger partial charge in [-0.2, -0.15) is 0 Å². The third kappa shape index (κ3) is 4.53. The van der Waals surface area contributed by atoms with Gasteiger partial charge in [-0.05, 0) is 38.3 Å². The minimum absolute atomic E-state index is 0.0182. The summed E-state index contributed by atoms with van der Waals surface area (Å²) in [5.74, 6) is 0.228. The van der Waals surface area contributed by atoms with Crippen LogP contribution in [0.4, 0.5) is 0 Å². The third-order valence-corrected chi connectivity index (χ3v) is 8.56. The van der Waals surface area contributed by atoms with Crippen molar-refractivity contribution in [3.05, 3.63) is 34.6 Å². The molecule has 0 spiro atoms.